The lowest BCUT2D eigenvalue weighted by molar-refractivity contribution is -0.384. The monoisotopic (exact) mass is 225 g/mol. The fraction of sp³-hybridized carbons (Fsp3) is 0.500. The minimum atomic E-state index is -0.433. The summed E-state index contributed by atoms with van der Waals surface area (Å²) in [5.41, 5.74) is 0.0504. The average molecular weight is 225 g/mol. The highest BCUT2D eigenvalue weighted by molar-refractivity contribution is 5.43. The van der Waals surface area contributed by atoms with Gasteiger partial charge in [-0.3, -0.25) is 10.1 Å². The Hall–Kier alpha value is -1.69. The molecule has 0 saturated heterocycles. The maximum atomic E-state index is 10.5. The summed E-state index contributed by atoms with van der Waals surface area (Å²) in [5, 5.41) is 13.5. The first-order chi connectivity index (χ1) is 7.74. The highest BCUT2D eigenvalue weighted by Gasteiger charge is 2.05. The Morgan fingerprint density at radius 3 is 3.06 bits per heavy atom. The molecule has 0 radical (unpaired) electrons. The van der Waals surface area contributed by atoms with E-state index in [1.165, 1.54) is 18.3 Å². The van der Waals surface area contributed by atoms with E-state index < -0.39 is 4.92 Å². The molecule has 0 aromatic carbocycles. The summed E-state index contributed by atoms with van der Waals surface area (Å²) in [4.78, 5) is 14.1. The van der Waals surface area contributed by atoms with Gasteiger partial charge in [0.05, 0.1) is 11.0 Å². The van der Waals surface area contributed by atoms with Gasteiger partial charge in [-0.05, 0) is 12.8 Å². The molecule has 0 aliphatic heterocycles. The van der Waals surface area contributed by atoms with Crippen molar-refractivity contribution in [1.29, 1.82) is 0 Å². The third-order valence-corrected chi connectivity index (χ3v) is 2.04. The van der Waals surface area contributed by atoms with Crippen LogP contribution in [0.25, 0.3) is 0 Å². The molecular formula is C10H15N3O3. The molecule has 88 valence electrons. The van der Waals surface area contributed by atoms with Gasteiger partial charge < -0.3 is 10.1 Å². The molecule has 0 amide bonds. The Bertz CT molecular complexity index is 344. The number of rotatable bonds is 7. The van der Waals surface area contributed by atoms with E-state index in [-0.39, 0.29) is 5.69 Å². The topological polar surface area (TPSA) is 77.3 Å². The van der Waals surface area contributed by atoms with Crippen molar-refractivity contribution in [1.82, 2.24) is 4.98 Å². The Labute approximate surface area is 93.8 Å². The highest BCUT2D eigenvalue weighted by atomic mass is 16.6. The second kappa shape index (κ2) is 6.73. The van der Waals surface area contributed by atoms with E-state index in [4.69, 9.17) is 4.74 Å². The maximum absolute atomic E-state index is 10.5. The number of ether oxygens (including phenoxy) is 1. The molecule has 1 N–H and O–H groups in total. The number of anilines is 1. The number of hydrogen-bond donors (Lipinski definition) is 1. The van der Waals surface area contributed by atoms with E-state index in [0.717, 1.165) is 26.0 Å². The Balaban J connectivity index is 2.36. The van der Waals surface area contributed by atoms with Gasteiger partial charge in [-0.25, -0.2) is 4.98 Å². The zero-order chi connectivity index (χ0) is 11.8. The Morgan fingerprint density at radius 1 is 1.56 bits per heavy atom. The van der Waals surface area contributed by atoms with Gasteiger partial charge in [0.25, 0.3) is 5.69 Å². The second-order valence-corrected chi connectivity index (χ2v) is 3.28. The highest BCUT2D eigenvalue weighted by Crippen LogP contribution is 2.13. The minimum absolute atomic E-state index is 0.0504. The van der Waals surface area contributed by atoms with Crippen LogP contribution in [0.4, 0.5) is 11.5 Å². The summed E-state index contributed by atoms with van der Waals surface area (Å²) < 4.78 is 4.91. The van der Waals surface area contributed by atoms with Gasteiger partial charge in [-0.1, -0.05) is 0 Å². The molecule has 0 aliphatic rings. The van der Waals surface area contributed by atoms with Crippen molar-refractivity contribution in [2.45, 2.75) is 12.8 Å². The first kappa shape index (κ1) is 12.4. The molecule has 1 rings (SSSR count). The lowest BCUT2D eigenvalue weighted by Crippen LogP contribution is -2.04. The van der Waals surface area contributed by atoms with Gasteiger partial charge in [0.15, 0.2) is 0 Å². The van der Waals surface area contributed by atoms with Gasteiger partial charge >= 0.3 is 0 Å². The van der Waals surface area contributed by atoms with Gasteiger partial charge in [0, 0.05) is 32.5 Å². The van der Waals surface area contributed by atoms with Crippen LogP contribution in [0, 0.1) is 10.1 Å². The molecule has 0 aliphatic carbocycles. The first-order valence-corrected chi connectivity index (χ1v) is 5.07. The van der Waals surface area contributed by atoms with Crippen LogP contribution in [0.15, 0.2) is 18.3 Å². The number of hydrogen-bond acceptors (Lipinski definition) is 5. The zero-order valence-corrected chi connectivity index (χ0v) is 9.18. The molecule has 0 unspecified atom stereocenters. The van der Waals surface area contributed by atoms with Crippen LogP contribution in [0.5, 0.6) is 0 Å². The van der Waals surface area contributed by atoms with Gasteiger partial charge in [-0.15, -0.1) is 0 Å². The molecule has 16 heavy (non-hydrogen) atoms. The molecule has 0 atom stereocenters. The van der Waals surface area contributed by atoms with Crippen LogP contribution in [-0.4, -0.2) is 30.2 Å². The molecule has 1 aromatic heterocycles. The van der Waals surface area contributed by atoms with E-state index in [1.807, 2.05) is 0 Å². The summed E-state index contributed by atoms with van der Waals surface area (Å²) in [5.74, 6) is 0.534. The van der Waals surface area contributed by atoms with Crippen molar-refractivity contribution < 1.29 is 9.66 Å². The van der Waals surface area contributed by atoms with Crippen molar-refractivity contribution in [3.05, 3.63) is 28.4 Å². The quantitative estimate of drug-likeness (QED) is 0.435. The lowest BCUT2D eigenvalue weighted by Gasteiger charge is -2.04. The van der Waals surface area contributed by atoms with E-state index >= 15 is 0 Å². The molecular weight excluding hydrogens is 210 g/mol. The van der Waals surface area contributed by atoms with Crippen molar-refractivity contribution in [2.24, 2.45) is 0 Å². The van der Waals surface area contributed by atoms with Crippen molar-refractivity contribution in [2.75, 3.05) is 25.6 Å². The van der Waals surface area contributed by atoms with E-state index in [0.29, 0.717) is 5.82 Å². The van der Waals surface area contributed by atoms with Crippen LogP contribution in [0.1, 0.15) is 12.8 Å². The lowest BCUT2D eigenvalue weighted by atomic mass is 10.3. The largest absolute Gasteiger partial charge is 0.385 e. The van der Waals surface area contributed by atoms with Crippen molar-refractivity contribution >= 4 is 11.5 Å². The smallest absolute Gasteiger partial charge is 0.274 e. The van der Waals surface area contributed by atoms with Crippen LogP contribution in [0.3, 0.4) is 0 Å². The van der Waals surface area contributed by atoms with E-state index in [1.54, 1.807) is 7.11 Å². The number of pyridine rings is 1. The number of unbranched alkanes of at least 4 members (excludes halogenated alkanes) is 1. The van der Waals surface area contributed by atoms with Crippen LogP contribution in [0.2, 0.25) is 0 Å². The molecule has 6 nitrogen and oxygen atoms in total. The number of methoxy groups -OCH3 is 1. The van der Waals surface area contributed by atoms with E-state index in [2.05, 4.69) is 10.3 Å². The van der Waals surface area contributed by atoms with Crippen LogP contribution >= 0.6 is 0 Å². The molecule has 1 aromatic rings. The Morgan fingerprint density at radius 2 is 2.38 bits per heavy atom. The summed E-state index contributed by atoms with van der Waals surface area (Å²) in [6.07, 6.45) is 3.33. The number of nitro groups is 1. The molecule has 0 saturated carbocycles. The molecule has 6 heteroatoms. The van der Waals surface area contributed by atoms with Gasteiger partial charge in [0.2, 0.25) is 0 Å². The normalized spacial score (nSPS) is 10.1. The van der Waals surface area contributed by atoms with Gasteiger partial charge in [0.1, 0.15) is 5.82 Å². The van der Waals surface area contributed by atoms with Crippen molar-refractivity contribution in [3.63, 3.8) is 0 Å². The van der Waals surface area contributed by atoms with Crippen LogP contribution < -0.4 is 5.32 Å². The molecule has 0 spiro atoms. The van der Waals surface area contributed by atoms with Crippen molar-refractivity contribution in [3.8, 4) is 0 Å². The summed E-state index contributed by atoms with van der Waals surface area (Å²) in [7, 11) is 1.66. The number of nitrogens with zero attached hydrogens (tertiary/aromatic N) is 2. The minimum Gasteiger partial charge on any atom is -0.385 e. The standard InChI is InChI=1S/C10H15N3O3/c1-16-7-3-2-5-11-10-8-9(13(14)15)4-6-12-10/h4,6,8H,2-3,5,7H2,1H3,(H,11,12). The zero-order valence-electron chi connectivity index (χ0n) is 9.18. The first-order valence-electron chi connectivity index (χ1n) is 5.07. The fourth-order valence-electron chi connectivity index (χ4n) is 1.22. The average Bonchev–Trinajstić information content (AvgIpc) is 2.29. The summed E-state index contributed by atoms with van der Waals surface area (Å²) in [6.45, 7) is 1.46. The van der Waals surface area contributed by atoms with Gasteiger partial charge in [-0.2, -0.15) is 0 Å². The molecule has 0 bridgehead atoms. The van der Waals surface area contributed by atoms with E-state index in [9.17, 15) is 10.1 Å². The second-order valence-electron chi connectivity index (χ2n) is 3.28. The fourth-order valence-corrected chi connectivity index (χ4v) is 1.22. The molecule has 1 heterocycles. The summed E-state index contributed by atoms with van der Waals surface area (Å²) in [6, 6.07) is 2.80. The SMILES string of the molecule is COCCCCNc1cc([N+](=O)[O-])ccn1. The summed E-state index contributed by atoms with van der Waals surface area (Å²) >= 11 is 0. The van der Waals surface area contributed by atoms with Crippen LogP contribution in [-0.2, 0) is 4.74 Å². The Kier molecular flexibility index (Phi) is 5.21. The third-order valence-electron chi connectivity index (χ3n) is 2.04. The number of aromatic nitrogens is 1. The maximum Gasteiger partial charge on any atom is 0.274 e. The predicted molar refractivity (Wildman–Crippen MR) is 60.5 cm³/mol. The third kappa shape index (κ3) is 4.22. The predicted octanol–water partition coefficient (Wildman–Crippen LogP) is 1.83. The molecule has 0 fully saturated rings. The number of nitrogens with one attached hydrogen (secondary N) is 1.